The SMILES string of the molecule is Cl.O=C(CCN1C(=O)c2ccccc2C1=O)NCC1CNC1. The Bertz CT molecular complexity index is 566. The second kappa shape index (κ2) is 6.89. The third-order valence-corrected chi connectivity index (χ3v) is 3.89. The zero-order chi connectivity index (χ0) is 14.8. The Morgan fingerprint density at radius 1 is 1.18 bits per heavy atom. The average molecular weight is 324 g/mol. The molecule has 2 N–H and O–H groups in total. The van der Waals surface area contributed by atoms with Crippen molar-refractivity contribution < 1.29 is 14.4 Å². The molecule has 3 amide bonds. The molecule has 0 bridgehead atoms. The van der Waals surface area contributed by atoms with Gasteiger partial charge in [-0.05, 0) is 12.1 Å². The van der Waals surface area contributed by atoms with Crippen molar-refractivity contribution >= 4 is 30.1 Å². The average Bonchev–Trinajstić information content (AvgIpc) is 2.68. The minimum Gasteiger partial charge on any atom is -0.356 e. The van der Waals surface area contributed by atoms with Gasteiger partial charge < -0.3 is 10.6 Å². The number of nitrogens with one attached hydrogen (secondary N) is 2. The Balaban J connectivity index is 0.00000176. The molecule has 0 unspecified atom stereocenters. The minimum absolute atomic E-state index is 0. The standard InChI is InChI=1S/C15H17N3O3.ClH/c19-13(17-9-10-7-16-8-10)5-6-18-14(20)11-3-1-2-4-12(11)15(18)21;/h1-4,10,16H,5-9H2,(H,17,19);1H. The Morgan fingerprint density at radius 3 is 2.27 bits per heavy atom. The molecule has 1 aromatic carbocycles. The number of imide groups is 1. The number of amides is 3. The van der Waals surface area contributed by atoms with Gasteiger partial charge >= 0.3 is 0 Å². The summed E-state index contributed by atoms with van der Waals surface area (Å²) in [6.07, 6.45) is 0.144. The van der Waals surface area contributed by atoms with Crippen LogP contribution in [0.1, 0.15) is 27.1 Å². The summed E-state index contributed by atoms with van der Waals surface area (Å²) in [6, 6.07) is 6.73. The molecule has 0 atom stereocenters. The Morgan fingerprint density at radius 2 is 1.77 bits per heavy atom. The van der Waals surface area contributed by atoms with Crippen LogP contribution in [0.25, 0.3) is 0 Å². The molecule has 22 heavy (non-hydrogen) atoms. The molecule has 2 aliphatic rings. The van der Waals surface area contributed by atoms with Crippen LogP contribution in [0.4, 0.5) is 0 Å². The Kier molecular flexibility index (Phi) is 5.15. The quantitative estimate of drug-likeness (QED) is 0.770. The highest BCUT2D eigenvalue weighted by molar-refractivity contribution is 6.21. The first-order chi connectivity index (χ1) is 10.2. The predicted molar refractivity (Wildman–Crippen MR) is 83.0 cm³/mol. The predicted octanol–water partition coefficient (Wildman–Crippen LogP) is 0.430. The van der Waals surface area contributed by atoms with Gasteiger partial charge in [0.15, 0.2) is 0 Å². The monoisotopic (exact) mass is 323 g/mol. The van der Waals surface area contributed by atoms with E-state index in [1.807, 2.05) is 0 Å². The normalized spacial score (nSPS) is 16.8. The zero-order valence-electron chi connectivity index (χ0n) is 12.0. The molecule has 0 saturated carbocycles. The molecule has 2 aliphatic heterocycles. The largest absolute Gasteiger partial charge is 0.356 e. The molecule has 118 valence electrons. The highest BCUT2D eigenvalue weighted by Gasteiger charge is 2.34. The van der Waals surface area contributed by atoms with E-state index in [4.69, 9.17) is 0 Å². The van der Waals surface area contributed by atoms with Crippen molar-refractivity contribution in [2.75, 3.05) is 26.2 Å². The number of hydrogen-bond donors (Lipinski definition) is 2. The summed E-state index contributed by atoms with van der Waals surface area (Å²) in [6.45, 7) is 2.63. The van der Waals surface area contributed by atoms with Crippen LogP contribution in [0.2, 0.25) is 0 Å². The summed E-state index contributed by atoms with van der Waals surface area (Å²) >= 11 is 0. The topological polar surface area (TPSA) is 78.5 Å². The lowest BCUT2D eigenvalue weighted by atomic mass is 10.0. The van der Waals surface area contributed by atoms with Crippen molar-refractivity contribution in [1.82, 2.24) is 15.5 Å². The van der Waals surface area contributed by atoms with Crippen molar-refractivity contribution in [2.45, 2.75) is 6.42 Å². The van der Waals surface area contributed by atoms with E-state index < -0.39 is 0 Å². The van der Waals surface area contributed by atoms with Crippen molar-refractivity contribution in [3.63, 3.8) is 0 Å². The van der Waals surface area contributed by atoms with Crippen LogP contribution < -0.4 is 10.6 Å². The lowest BCUT2D eigenvalue weighted by Crippen LogP contribution is -2.48. The van der Waals surface area contributed by atoms with Gasteiger partial charge in [-0.25, -0.2) is 0 Å². The Labute approximate surface area is 134 Å². The van der Waals surface area contributed by atoms with Crippen LogP contribution >= 0.6 is 12.4 Å². The molecular weight excluding hydrogens is 306 g/mol. The number of fused-ring (bicyclic) bond motifs is 1. The maximum atomic E-state index is 12.1. The molecule has 6 nitrogen and oxygen atoms in total. The fraction of sp³-hybridized carbons (Fsp3) is 0.400. The summed E-state index contributed by atoms with van der Waals surface area (Å²) in [5, 5.41) is 5.97. The number of carbonyl (C=O) groups is 3. The minimum atomic E-state index is -0.313. The van der Waals surface area contributed by atoms with Gasteiger partial charge in [-0.15, -0.1) is 12.4 Å². The first-order valence-electron chi connectivity index (χ1n) is 7.09. The number of rotatable bonds is 5. The third-order valence-electron chi connectivity index (χ3n) is 3.89. The summed E-state index contributed by atoms with van der Waals surface area (Å²) in [4.78, 5) is 37.1. The van der Waals surface area contributed by atoms with E-state index in [-0.39, 0.29) is 43.1 Å². The van der Waals surface area contributed by atoms with Crippen molar-refractivity contribution in [3.05, 3.63) is 35.4 Å². The third kappa shape index (κ3) is 3.13. The summed E-state index contributed by atoms with van der Waals surface area (Å²) in [7, 11) is 0. The van der Waals surface area contributed by atoms with Gasteiger partial charge in [-0.2, -0.15) is 0 Å². The molecule has 1 saturated heterocycles. The lowest BCUT2D eigenvalue weighted by molar-refractivity contribution is -0.121. The molecule has 7 heteroatoms. The highest BCUT2D eigenvalue weighted by atomic mass is 35.5. The zero-order valence-corrected chi connectivity index (χ0v) is 12.8. The maximum Gasteiger partial charge on any atom is 0.261 e. The molecule has 0 radical (unpaired) electrons. The van der Waals surface area contributed by atoms with E-state index >= 15 is 0 Å². The van der Waals surface area contributed by atoms with Crippen molar-refractivity contribution in [2.24, 2.45) is 5.92 Å². The van der Waals surface area contributed by atoms with Gasteiger partial charge in [0.25, 0.3) is 11.8 Å². The smallest absolute Gasteiger partial charge is 0.261 e. The number of carbonyl (C=O) groups excluding carboxylic acids is 3. The molecule has 2 heterocycles. The van der Waals surface area contributed by atoms with Crippen LogP contribution in [0.3, 0.4) is 0 Å². The molecule has 0 spiro atoms. The fourth-order valence-corrected chi connectivity index (χ4v) is 2.49. The van der Waals surface area contributed by atoms with Gasteiger partial charge in [-0.3, -0.25) is 19.3 Å². The van der Waals surface area contributed by atoms with Gasteiger partial charge in [0.05, 0.1) is 11.1 Å². The molecule has 1 fully saturated rings. The van der Waals surface area contributed by atoms with Crippen LogP contribution in [0.15, 0.2) is 24.3 Å². The number of nitrogens with zero attached hydrogens (tertiary/aromatic N) is 1. The van der Waals surface area contributed by atoms with E-state index in [0.29, 0.717) is 23.6 Å². The van der Waals surface area contributed by atoms with Gasteiger partial charge in [0, 0.05) is 38.5 Å². The van der Waals surface area contributed by atoms with Crippen molar-refractivity contribution in [1.29, 1.82) is 0 Å². The van der Waals surface area contributed by atoms with Gasteiger partial charge in [0.2, 0.25) is 5.91 Å². The van der Waals surface area contributed by atoms with Crippen LogP contribution in [0.5, 0.6) is 0 Å². The summed E-state index contributed by atoms with van der Waals surface area (Å²) in [5.74, 6) is -0.259. The van der Waals surface area contributed by atoms with E-state index in [1.165, 1.54) is 0 Å². The van der Waals surface area contributed by atoms with Gasteiger partial charge in [0.1, 0.15) is 0 Å². The highest BCUT2D eigenvalue weighted by Crippen LogP contribution is 2.22. The van der Waals surface area contributed by atoms with E-state index in [1.54, 1.807) is 24.3 Å². The number of hydrogen-bond acceptors (Lipinski definition) is 4. The van der Waals surface area contributed by atoms with Crippen molar-refractivity contribution in [3.8, 4) is 0 Å². The maximum absolute atomic E-state index is 12.1. The fourth-order valence-electron chi connectivity index (χ4n) is 2.49. The number of benzene rings is 1. The molecule has 0 aromatic heterocycles. The van der Waals surface area contributed by atoms with E-state index in [9.17, 15) is 14.4 Å². The molecule has 1 aromatic rings. The Hall–Kier alpha value is -1.92. The van der Waals surface area contributed by atoms with E-state index in [0.717, 1.165) is 18.0 Å². The second-order valence-corrected chi connectivity index (χ2v) is 5.39. The lowest BCUT2D eigenvalue weighted by Gasteiger charge is -2.27. The van der Waals surface area contributed by atoms with Crippen LogP contribution in [0, 0.1) is 5.92 Å². The number of halogens is 1. The molecule has 0 aliphatic carbocycles. The second-order valence-electron chi connectivity index (χ2n) is 5.39. The molecule has 3 rings (SSSR count). The first-order valence-corrected chi connectivity index (χ1v) is 7.09. The summed E-state index contributed by atoms with van der Waals surface area (Å²) < 4.78 is 0. The van der Waals surface area contributed by atoms with Crippen LogP contribution in [-0.4, -0.2) is 48.8 Å². The van der Waals surface area contributed by atoms with Gasteiger partial charge in [-0.1, -0.05) is 12.1 Å². The first kappa shape index (κ1) is 16.5. The van der Waals surface area contributed by atoms with E-state index in [2.05, 4.69) is 10.6 Å². The molecular formula is C15H18ClN3O3. The summed E-state index contributed by atoms with van der Waals surface area (Å²) in [5.41, 5.74) is 0.840. The van der Waals surface area contributed by atoms with Crippen LogP contribution in [-0.2, 0) is 4.79 Å².